The average Bonchev–Trinajstić information content (AvgIpc) is 3.28. The Morgan fingerprint density at radius 1 is 1.08 bits per heavy atom. The molecule has 0 spiro atoms. The maximum atomic E-state index is 12.3. The molecule has 1 fully saturated rings. The van der Waals surface area contributed by atoms with Crippen molar-refractivity contribution in [2.45, 2.75) is 6.54 Å². The first-order chi connectivity index (χ1) is 11.6. The smallest absolute Gasteiger partial charge is 0.289 e. The van der Waals surface area contributed by atoms with Gasteiger partial charge in [-0.2, -0.15) is 0 Å². The second-order valence-electron chi connectivity index (χ2n) is 5.87. The number of hydrogen-bond donors (Lipinski definition) is 0. The topological polar surface area (TPSA) is 70.1 Å². The first kappa shape index (κ1) is 16.3. The molecule has 0 saturated carbocycles. The number of carbonyl (C=O) groups excluding carboxylic acids is 2. The van der Waals surface area contributed by atoms with Crippen molar-refractivity contribution in [1.29, 1.82) is 0 Å². The van der Waals surface area contributed by atoms with Crippen LogP contribution < -0.4 is 0 Å². The van der Waals surface area contributed by atoms with E-state index in [1.807, 2.05) is 12.1 Å². The number of rotatable bonds is 5. The van der Waals surface area contributed by atoms with Gasteiger partial charge in [0.2, 0.25) is 5.91 Å². The van der Waals surface area contributed by atoms with Crippen LogP contribution in [0.15, 0.2) is 45.6 Å². The Labute approximate surface area is 140 Å². The third-order valence-electron chi connectivity index (χ3n) is 4.15. The molecule has 2 aromatic heterocycles. The zero-order valence-corrected chi connectivity index (χ0v) is 13.7. The lowest BCUT2D eigenvalue weighted by molar-refractivity contribution is -0.132. The summed E-state index contributed by atoms with van der Waals surface area (Å²) in [5.74, 6) is 1.07. The van der Waals surface area contributed by atoms with Gasteiger partial charge < -0.3 is 18.6 Å². The second kappa shape index (κ2) is 7.35. The number of carbonyl (C=O) groups is 2. The first-order valence-electron chi connectivity index (χ1n) is 7.95. The van der Waals surface area contributed by atoms with Gasteiger partial charge in [0.1, 0.15) is 5.76 Å². The van der Waals surface area contributed by atoms with E-state index in [9.17, 15) is 9.59 Å². The summed E-state index contributed by atoms with van der Waals surface area (Å²) >= 11 is 0. The fraction of sp³-hybridized carbons (Fsp3) is 0.412. The van der Waals surface area contributed by atoms with Crippen LogP contribution in [0.3, 0.4) is 0 Å². The lowest BCUT2D eigenvalue weighted by Gasteiger charge is -2.34. The molecule has 0 bridgehead atoms. The summed E-state index contributed by atoms with van der Waals surface area (Å²) in [5, 5.41) is 0. The molecular weight excluding hydrogens is 310 g/mol. The van der Waals surface area contributed by atoms with Gasteiger partial charge in [-0.25, -0.2) is 0 Å². The molecule has 0 unspecified atom stereocenters. The van der Waals surface area contributed by atoms with E-state index in [1.54, 1.807) is 35.2 Å². The van der Waals surface area contributed by atoms with Crippen molar-refractivity contribution < 1.29 is 18.4 Å². The number of piperazine rings is 1. The maximum absolute atomic E-state index is 12.3. The van der Waals surface area contributed by atoms with Crippen LogP contribution in [-0.2, 0) is 11.3 Å². The third-order valence-corrected chi connectivity index (χ3v) is 4.15. The van der Waals surface area contributed by atoms with E-state index in [2.05, 4.69) is 4.90 Å². The molecule has 0 atom stereocenters. The van der Waals surface area contributed by atoms with Crippen LogP contribution in [0.2, 0.25) is 0 Å². The minimum atomic E-state index is -0.0964. The van der Waals surface area contributed by atoms with Gasteiger partial charge >= 0.3 is 0 Å². The van der Waals surface area contributed by atoms with Crippen molar-refractivity contribution in [2.24, 2.45) is 0 Å². The Hall–Kier alpha value is -2.54. The number of likely N-dealkylation sites (N-methyl/N-ethyl adjacent to an activating group) is 1. The van der Waals surface area contributed by atoms with Crippen LogP contribution in [0.25, 0.3) is 0 Å². The van der Waals surface area contributed by atoms with Crippen LogP contribution in [0.4, 0.5) is 0 Å². The molecule has 7 heteroatoms. The number of hydrogen-bond acceptors (Lipinski definition) is 5. The van der Waals surface area contributed by atoms with Gasteiger partial charge in [-0.1, -0.05) is 0 Å². The largest absolute Gasteiger partial charge is 0.467 e. The quantitative estimate of drug-likeness (QED) is 0.826. The molecule has 3 rings (SSSR count). The van der Waals surface area contributed by atoms with Crippen LogP contribution in [-0.4, -0.2) is 66.3 Å². The van der Waals surface area contributed by atoms with E-state index in [1.165, 1.54) is 6.26 Å². The average molecular weight is 331 g/mol. The Balaban J connectivity index is 1.45. The summed E-state index contributed by atoms with van der Waals surface area (Å²) in [4.78, 5) is 30.0. The van der Waals surface area contributed by atoms with Gasteiger partial charge in [-0.05, 0) is 24.3 Å². The number of amides is 2. The summed E-state index contributed by atoms with van der Waals surface area (Å²) in [6.45, 7) is 3.34. The van der Waals surface area contributed by atoms with E-state index >= 15 is 0 Å². The van der Waals surface area contributed by atoms with Gasteiger partial charge in [0.15, 0.2) is 5.76 Å². The predicted octanol–water partition coefficient (Wildman–Crippen LogP) is 1.29. The highest BCUT2D eigenvalue weighted by molar-refractivity contribution is 5.91. The third kappa shape index (κ3) is 3.86. The fourth-order valence-electron chi connectivity index (χ4n) is 2.70. The van der Waals surface area contributed by atoms with E-state index in [-0.39, 0.29) is 11.8 Å². The van der Waals surface area contributed by atoms with Crippen molar-refractivity contribution in [3.63, 3.8) is 0 Å². The van der Waals surface area contributed by atoms with Gasteiger partial charge in [-0.3, -0.25) is 14.5 Å². The van der Waals surface area contributed by atoms with Crippen LogP contribution in [0.1, 0.15) is 16.3 Å². The Bertz CT molecular complexity index is 658. The zero-order chi connectivity index (χ0) is 16.9. The van der Waals surface area contributed by atoms with Crippen molar-refractivity contribution in [1.82, 2.24) is 14.7 Å². The van der Waals surface area contributed by atoms with Crippen LogP contribution in [0, 0.1) is 0 Å². The minimum absolute atomic E-state index is 0.0391. The number of furan rings is 2. The Kier molecular flexibility index (Phi) is 5.00. The zero-order valence-electron chi connectivity index (χ0n) is 13.7. The second-order valence-corrected chi connectivity index (χ2v) is 5.87. The molecule has 1 aliphatic rings. The SMILES string of the molecule is CN(Cc1ccco1)C(=O)CN1CCN(C(=O)c2ccco2)CC1. The Morgan fingerprint density at radius 3 is 2.42 bits per heavy atom. The van der Waals surface area contributed by atoms with Crippen LogP contribution in [0.5, 0.6) is 0 Å². The van der Waals surface area contributed by atoms with Crippen LogP contribution >= 0.6 is 0 Å². The van der Waals surface area contributed by atoms with Crippen molar-refractivity contribution in [3.05, 3.63) is 48.3 Å². The summed E-state index contributed by atoms with van der Waals surface area (Å²) in [6, 6.07) is 7.03. The molecule has 2 aromatic rings. The molecule has 24 heavy (non-hydrogen) atoms. The normalized spacial score (nSPS) is 15.5. The first-order valence-corrected chi connectivity index (χ1v) is 7.95. The van der Waals surface area contributed by atoms with E-state index in [0.29, 0.717) is 45.0 Å². The lowest BCUT2D eigenvalue weighted by Crippen LogP contribution is -2.51. The molecule has 0 radical (unpaired) electrons. The molecule has 0 aromatic carbocycles. The Morgan fingerprint density at radius 2 is 1.79 bits per heavy atom. The van der Waals surface area contributed by atoms with Gasteiger partial charge in [-0.15, -0.1) is 0 Å². The summed E-state index contributed by atoms with van der Waals surface area (Å²) in [7, 11) is 1.77. The predicted molar refractivity (Wildman–Crippen MR) is 86.2 cm³/mol. The molecule has 1 aliphatic heterocycles. The van der Waals surface area contributed by atoms with E-state index in [4.69, 9.17) is 8.83 Å². The summed E-state index contributed by atoms with van der Waals surface area (Å²) in [6.07, 6.45) is 3.10. The molecule has 128 valence electrons. The summed E-state index contributed by atoms with van der Waals surface area (Å²) < 4.78 is 10.4. The maximum Gasteiger partial charge on any atom is 0.289 e. The van der Waals surface area contributed by atoms with Crippen molar-refractivity contribution in [2.75, 3.05) is 39.8 Å². The minimum Gasteiger partial charge on any atom is -0.467 e. The van der Waals surface area contributed by atoms with Crippen molar-refractivity contribution in [3.8, 4) is 0 Å². The molecular formula is C17H21N3O4. The highest BCUT2D eigenvalue weighted by Gasteiger charge is 2.25. The molecule has 1 saturated heterocycles. The fourth-order valence-corrected chi connectivity index (χ4v) is 2.70. The monoisotopic (exact) mass is 331 g/mol. The molecule has 3 heterocycles. The highest BCUT2D eigenvalue weighted by atomic mass is 16.3. The van der Waals surface area contributed by atoms with Gasteiger partial charge in [0.25, 0.3) is 5.91 Å². The summed E-state index contributed by atoms with van der Waals surface area (Å²) in [5.41, 5.74) is 0. The standard InChI is InChI=1S/C17H21N3O4/c1-18(12-14-4-2-10-23-14)16(21)13-19-6-8-20(9-7-19)17(22)15-5-3-11-24-15/h2-5,10-11H,6-9,12-13H2,1H3. The molecule has 2 amide bonds. The molecule has 0 N–H and O–H groups in total. The number of nitrogens with zero attached hydrogens (tertiary/aromatic N) is 3. The van der Waals surface area contributed by atoms with Gasteiger partial charge in [0.05, 0.1) is 25.6 Å². The van der Waals surface area contributed by atoms with E-state index in [0.717, 1.165) is 5.76 Å². The highest BCUT2D eigenvalue weighted by Crippen LogP contribution is 2.10. The molecule has 7 nitrogen and oxygen atoms in total. The van der Waals surface area contributed by atoms with Crippen molar-refractivity contribution >= 4 is 11.8 Å². The molecule has 0 aliphatic carbocycles. The van der Waals surface area contributed by atoms with Gasteiger partial charge in [0, 0.05) is 33.2 Å². The lowest BCUT2D eigenvalue weighted by atomic mass is 10.2. The van der Waals surface area contributed by atoms with E-state index < -0.39 is 0 Å².